The highest BCUT2D eigenvalue weighted by molar-refractivity contribution is 5.81. The van der Waals surface area contributed by atoms with E-state index in [0.29, 0.717) is 23.5 Å². The van der Waals surface area contributed by atoms with Crippen molar-refractivity contribution in [2.24, 2.45) is 5.92 Å². The quantitative estimate of drug-likeness (QED) is 0.445. The largest absolute Gasteiger partial charge is 0.343 e. The third kappa shape index (κ3) is 5.29. The SMILES string of the molecule is CC(=O)N1CCCC(Cn2cc(-c3cnc4ccc(Nc5cc(C(C)C)cnn5)nc4c3)cn2)C1. The Labute approximate surface area is 204 Å². The number of carbonyl (C=O) groups is 1. The van der Waals surface area contributed by atoms with E-state index in [1.54, 1.807) is 13.1 Å². The first-order valence-corrected chi connectivity index (χ1v) is 12.1. The minimum Gasteiger partial charge on any atom is -0.343 e. The van der Waals surface area contributed by atoms with Crippen molar-refractivity contribution in [3.05, 3.63) is 54.6 Å². The molecule has 0 saturated carbocycles. The highest BCUT2D eigenvalue weighted by Gasteiger charge is 2.22. The molecular formula is C26H30N8O. The lowest BCUT2D eigenvalue weighted by Crippen LogP contribution is -2.39. The molecule has 0 bridgehead atoms. The smallest absolute Gasteiger partial charge is 0.219 e. The van der Waals surface area contributed by atoms with E-state index in [1.807, 2.05) is 52.4 Å². The van der Waals surface area contributed by atoms with Crippen LogP contribution in [0.25, 0.3) is 22.2 Å². The number of piperidine rings is 1. The molecule has 9 nitrogen and oxygen atoms in total. The highest BCUT2D eigenvalue weighted by atomic mass is 16.2. The number of nitrogens with zero attached hydrogens (tertiary/aromatic N) is 7. The number of hydrogen-bond acceptors (Lipinski definition) is 7. The minimum atomic E-state index is 0.152. The van der Waals surface area contributed by atoms with E-state index in [4.69, 9.17) is 4.98 Å². The summed E-state index contributed by atoms with van der Waals surface area (Å²) in [6.07, 6.45) is 9.71. The molecule has 5 heterocycles. The van der Waals surface area contributed by atoms with Crippen LogP contribution in [0.4, 0.5) is 11.6 Å². The first-order valence-electron chi connectivity index (χ1n) is 12.1. The third-order valence-corrected chi connectivity index (χ3v) is 6.51. The predicted molar refractivity (Wildman–Crippen MR) is 135 cm³/mol. The highest BCUT2D eigenvalue weighted by Crippen LogP contribution is 2.25. The van der Waals surface area contributed by atoms with E-state index in [2.05, 4.69) is 39.4 Å². The van der Waals surface area contributed by atoms with Crippen LogP contribution >= 0.6 is 0 Å². The minimum absolute atomic E-state index is 0.152. The predicted octanol–water partition coefficient (Wildman–Crippen LogP) is 4.41. The van der Waals surface area contributed by atoms with Crippen LogP contribution in [0.2, 0.25) is 0 Å². The Morgan fingerprint density at radius 2 is 2.00 bits per heavy atom. The monoisotopic (exact) mass is 470 g/mol. The van der Waals surface area contributed by atoms with Crippen molar-refractivity contribution in [1.29, 1.82) is 0 Å². The molecule has 35 heavy (non-hydrogen) atoms. The number of amides is 1. The first kappa shape index (κ1) is 22.9. The van der Waals surface area contributed by atoms with Gasteiger partial charge in [-0.3, -0.25) is 14.5 Å². The second-order valence-corrected chi connectivity index (χ2v) is 9.54. The standard InChI is InChI=1S/C26H30N8O/c1-17(2)20-10-26(32-28-12-20)31-25-7-6-23-24(30-25)9-21(11-27-23)22-13-29-34(16-22)15-19-5-4-8-33(14-19)18(3)35/h6-7,9-13,16-17,19H,4-5,8,14-15H2,1-3H3,(H,30,31,32). The molecule has 5 rings (SSSR count). The van der Waals surface area contributed by atoms with Gasteiger partial charge in [-0.2, -0.15) is 10.2 Å². The van der Waals surface area contributed by atoms with Crippen molar-refractivity contribution >= 4 is 28.6 Å². The van der Waals surface area contributed by atoms with Crippen molar-refractivity contribution in [2.75, 3.05) is 18.4 Å². The zero-order valence-corrected chi connectivity index (χ0v) is 20.3. The van der Waals surface area contributed by atoms with E-state index >= 15 is 0 Å². The van der Waals surface area contributed by atoms with Crippen molar-refractivity contribution < 1.29 is 4.79 Å². The number of likely N-dealkylation sites (tertiary alicyclic amines) is 1. The van der Waals surface area contributed by atoms with E-state index < -0.39 is 0 Å². The maximum Gasteiger partial charge on any atom is 0.219 e. The number of rotatable bonds is 6. The second kappa shape index (κ2) is 9.77. The van der Waals surface area contributed by atoms with Gasteiger partial charge in [-0.25, -0.2) is 4.98 Å². The molecule has 1 unspecified atom stereocenters. The fourth-order valence-electron chi connectivity index (χ4n) is 4.50. The number of carbonyl (C=O) groups excluding carboxylic acids is 1. The van der Waals surface area contributed by atoms with E-state index in [9.17, 15) is 4.79 Å². The number of hydrogen-bond donors (Lipinski definition) is 1. The molecule has 1 saturated heterocycles. The van der Waals surface area contributed by atoms with Crippen molar-refractivity contribution in [3.8, 4) is 11.1 Å². The maximum atomic E-state index is 11.7. The van der Waals surface area contributed by atoms with Gasteiger partial charge in [0.15, 0.2) is 5.82 Å². The van der Waals surface area contributed by atoms with Gasteiger partial charge in [-0.1, -0.05) is 13.8 Å². The Morgan fingerprint density at radius 3 is 2.83 bits per heavy atom. The zero-order valence-electron chi connectivity index (χ0n) is 20.3. The average Bonchev–Trinajstić information content (AvgIpc) is 3.32. The molecule has 1 fully saturated rings. The van der Waals surface area contributed by atoms with Gasteiger partial charge in [-0.05, 0) is 54.5 Å². The lowest BCUT2D eigenvalue weighted by Gasteiger charge is -2.31. The number of nitrogens with one attached hydrogen (secondary N) is 1. The molecule has 1 atom stereocenters. The summed E-state index contributed by atoms with van der Waals surface area (Å²) in [5, 5.41) is 16.1. The first-order chi connectivity index (χ1) is 16.9. The van der Waals surface area contributed by atoms with E-state index in [-0.39, 0.29) is 5.91 Å². The summed E-state index contributed by atoms with van der Waals surface area (Å²) in [7, 11) is 0. The second-order valence-electron chi connectivity index (χ2n) is 9.54. The zero-order chi connectivity index (χ0) is 24.4. The third-order valence-electron chi connectivity index (χ3n) is 6.51. The maximum absolute atomic E-state index is 11.7. The molecule has 180 valence electrons. The van der Waals surface area contributed by atoms with Gasteiger partial charge in [0.1, 0.15) is 5.82 Å². The fourth-order valence-corrected chi connectivity index (χ4v) is 4.50. The Hall–Kier alpha value is -3.88. The summed E-state index contributed by atoms with van der Waals surface area (Å²) < 4.78 is 1.97. The van der Waals surface area contributed by atoms with Crippen molar-refractivity contribution in [3.63, 3.8) is 0 Å². The van der Waals surface area contributed by atoms with Crippen LogP contribution in [-0.2, 0) is 11.3 Å². The van der Waals surface area contributed by atoms with Gasteiger partial charge in [0.25, 0.3) is 0 Å². The summed E-state index contributed by atoms with van der Waals surface area (Å²) in [5.41, 5.74) is 4.68. The molecule has 1 N–H and O–H groups in total. The number of pyridine rings is 2. The lowest BCUT2D eigenvalue weighted by atomic mass is 9.98. The fraction of sp³-hybridized carbons (Fsp3) is 0.385. The Bertz CT molecular complexity index is 1350. The van der Waals surface area contributed by atoms with Gasteiger partial charge in [0.05, 0.1) is 23.4 Å². The normalized spacial score (nSPS) is 16.1. The van der Waals surface area contributed by atoms with Crippen LogP contribution in [0.5, 0.6) is 0 Å². The Morgan fingerprint density at radius 1 is 1.11 bits per heavy atom. The van der Waals surface area contributed by atoms with Gasteiger partial charge in [-0.15, -0.1) is 5.10 Å². The van der Waals surface area contributed by atoms with Crippen LogP contribution in [-0.4, -0.2) is 53.8 Å². The van der Waals surface area contributed by atoms with E-state index in [0.717, 1.165) is 60.2 Å². The van der Waals surface area contributed by atoms with Gasteiger partial charge < -0.3 is 10.2 Å². The Kier molecular flexibility index (Phi) is 6.39. The molecule has 4 aromatic heterocycles. The van der Waals surface area contributed by atoms with Gasteiger partial charge in [0.2, 0.25) is 5.91 Å². The van der Waals surface area contributed by atoms with Crippen molar-refractivity contribution in [1.82, 2.24) is 34.8 Å². The summed E-state index contributed by atoms with van der Waals surface area (Å²) >= 11 is 0. The average molecular weight is 471 g/mol. The molecule has 0 radical (unpaired) electrons. The van der Waals surface area contributed by atoms with Gasteiger partial charge >= 0.3 is 0 Å². The molecule has 9 heteroatoms. The number of aromatic nitrogens is 6. The van der Waals surface area contributed by atoms with Crippen LogP contribution in [0.15, 0.2) is 49.1 Å². The number of fused-ring (bicyclic) bond motifs is 1. The van der Waals surface area contributed by atoms with Crippen molar-refractivity contribution in [2.45, 2.75) is 46.1 Å². The van der Waals surface area contributed by atoms with Crippen LogP contribution < -0.4 is 5.32 Å². The molecule has 0 aliphatic carbocycles. The summed E-state index contributed by atoms with van der Waals surface area (Å²) in [5.74, 6) is 2.30. The summed E-state index contributed by atoms with van der Waals surface area (Å²) in [6.45, 7) is 8.35. The molecule has 1 amide bonds. The number of anilines is 2. The molecule has 1 aliphatic heterocycles. The van der Waals surface area contributed by atoms with Gasteiger partial charge in [0, 0.05) is 50.1 Å². The molecule has 0 spiro atoms. The van der Waals surface area contributed by atoms with Crippen LogP contribution in [0, 0.1) is 5.92 Å². The van der Waals surface area contributed by atoms with E-state index in [1.165, 1.54) is 0 Å². The summed E-state index contributed by atoms with van der Waals surface area (Å²) in [6, 6.07) is 7.87. The Balaban J connectivity index is 1.33. The summed E-state index contributed by atoms with van der Waals surface area (Å²) in [4.78, 5) is 23.0. The molecular weight excluding hydrogens is 440 g/mol. The van der Waals surface area contributed by atoms with Crippen LogP contribution in [0.3, 0.4) is 0 Å². The topological polar surface area (TPSA) is 102 Å². The molecule has 1 aliphatic rings. The molecule has 4 aromatic rings. The lowest BCUT2D eigenvalue weighted by molar-refractivity contribution is -0.130. The molecule has 0 aromatic carbocycles. The van der Waals surface area contributed by atoms with Crippen LogP contribution in [0.1, 0.15) is 45.1 Å².